The number of rotatable bonds is 7. The molecule has 132 valence electrons. The van der Waals surface area contributed by atoms with Crippen molar-refractivity contribution in [1.29, 1.82) is 0 Å². The van der Waals surface area contributed by atoms with Gasteiger partial charge in [-0.15, -0.1) is 0 Å². The quantitative estimate of drug-likeness (QED) is 0.532. The number of hydrogen-bond donors (Lipinski definition) is 4. The number of amides is 2. The monoisotopic (exact) mass is 341 g/mol. The Bertz CT molecular complexity index is 810. The minimum Gasteiger partial charge on any atom is -0.467 e. The molecular formula is C19H23N3O3. The molecule has 0 spiro atoms. The fourth-order valence-corrected chi connectivity index (χ4v) is 2.91. The SMILES string of the molecule is CC(CC(O)c1ccco1)NC(=O)NCCc1c[nH]c2ccccc12. The van der Waals surface area contributed by atoms with Crippen LogP contribution in [0.4, 0.5) is 4.79 Å². The first-order valence-electron chi connectivity index (χ1n) is 8.44. The van der Waals surface area contributed by atoms with Crippen LogP contribution in [-0.4, -0.2) is 28.7 Å². The first-order chi connectivity index (χ1) is 12.1. The largest absolute Gasteiger partial charge is 0.467 e. The fourth-order valence-electron chi connectivity index (χ4n) is 2.91. The van der Waals surface area contributed by atoms with Crippen LogP contribution in [0.1, 0.15) is 30.8 Å². The number of nitrogens with one attached hydrogen (secondary N) is 3. The maximum absolute atomic E-state index is 12.0. The molecule has 2 amide bonds. The normalized spacial score (nSPS) is 13.5. The van der Waals surface area contributed by atoms with E-state index in [9.17, 15) is 9.90 Å². The van der Waals surface area contributed by atoms with Crippen LogP contribution in [0.2, 0.25) is 0 Å². The number of urea groups is 1. The summed E-state index contributed by atoms with van der Waals surface area (Å²) in [6.07, 6.45) is 3.92. The van der Waals surface area contributed by atoms with E-state index in [0.29, 0.717) is 18.7 Å². The molecule has 0 aliphatic rings. The van der Waals surface area contributed by atoms with Crippen LogP contribution in [0, 0.1) is 0 Å². The average molecular weight is 341 g/mol. The Hall–Kier alpha value is -2.73. The third-order valence-electron chi connectivity index (χ3n) is 4.18. The maximum Gasteiger partial charge on any atom is 0.315 e. The minimum atomic E-state index is -0.725. The Morgan fingerprint density at radius 1 is 1.28 bits per heavy atom. The lowest BCUT2D eigenvalue weighted by atomic mass is 10.1. The highest BCUT2D eigenvalue weighted by molar-refractivity contribution is 5.83. The molecule has 3 rings (SSSR count). The van der Waals surface area contributed by atoms with Crippen LogP contribution < -0.4 is 10.6 Å². The van der Waals surface area contributed by atoms with Crippen molar-refractivity contribution in [3.8, 4) is 0 Å². The number of H-pyrrole nitrogens is 1. The molecule has 1 aromatic carbocycles. The van der Waals surface area contributed by atoms with Gasteiger partial charge in [0.1, 0.15) is 11.9 Å². The van der Waals surface area contributed by atoms with Crippen LogP contribution in [0.3, 0.4) is 0 Å². The molecule has 0 saturated heterocycles. The molecule has 0 fully saturated rings. The second-order valence-electron chi connectivity index (χ2n) is 6.18. The molecule has 25 heavy (non-hydrogen) atoms. The molecule has 0 bridgehead atoms. The topological polar surface area (TPSA) is 90.3 Å². The predicted molar refractivity (Wildman–Crippen MR) is 96.3 cm³/mol. The van der Waals surface area contributed by atoms with Crippen molar-refractivity contribution in [3.05, 3.63) is 60.2 Å². The number of para-hydroxylation sites is 1. The third-order valence-corrected chi connectivity index (χ3v) is 4.18. The highest BCUT2D eigenvalue weighted by Crippen LogP contribution is 2.19. The minimum absolute atomic E-state index is 0.173. The van der Waals surface area contributed by atoms with Gasteiger partial charge >= 0.3 is 6.03 Å². The molecule has 6 heteroatoms. The molecule has 0 saturated carbocycles. The number of hydrogen-bond acceptors (Lipinski definition) is 3. The Labute approximate surface area is 146 Å². The van der Waals surface area contributed by atoms with Crippen LogP contribution in [0.15, 0.2) is 53.3 Å². The number of benzene rings is 1. The molecule has 4 N–H and O–H groups in total. The molecule has 2 atom stereocenters. The molecule has 3 aromatic rings. The molecular weight excluding hydrogens is 318 g/mol. The zero-order valence-electron chi connectivity index (χ0n) is 14.2. The van der Waals surface area contributed by atoms with Crippen molar-refractivity contribution in [2.24, 2.45) is 0 Å². The van der Waals surface area contributed by atoms with Gasteiger partial charge in [-0.25, -0.2) is 4.79 Å². The summed E-state index contributed by atoms with van der Waals surface area (Å²) in [6.45, 7) is 2.40. The molecule has 0 aliphatic heterocycles. The van der Waals surface area contributed by atoms with E-state index >= 15 is 0 Å². The molecule has 2 aromatic heterocycles. The van der Waals surface area contributed by atoms with Gasteiger partial charge in [-0.05, 0) is 37.1 Å². The third kappa shape index (κ3) is 4.42. The lowest BCUT2D eigenvalue weighted by Gasteiger charge is -2.17. The van der Waals surface area contributed by atoms with Crippen LogP contribution >= 0.6 is 0 Å². The number of aromatic nitrogens is 1. The zero-order valence-corrected chi connectivity index (χ0v) is 14.2. The number of furan rings is 1. The highest BCUT2D eigenvalue weighted by atomic mass is 16.4. The predicted octanol–water partition coefficient (Wildman–Crippen LogP) is 3.11. The van der Waals surface area contributed by atoms with E-state index in [1.54, 1.807) is 12.1 Å². The van der Waals surface area contributed by atoms with Gasteiger partial charge in [0.15, 0.2) is 0 Å². The highest BCUT2D eigenvalue weighted by Gasteiger charge is 2.16. The van der Waals surface area contributed by atoms with Gasteiger partial charge in [-0.1, -0.05) is 18.2 Å². The zero-order chi connectivity index (χ0) is 17.6. The van der Waals surface area contributed by atoms with Gasteiger partial charge in [0.2, 0.25) is 0 Å². The van der Waals surface area contributed by atoms with Crippen LogP contribution in [0.5, 0.6) is 0 Å². The maximum atomic E-state index is 12.0. The van der Waals surface area contributed by atoms with E-state index in [4.69, 9.17) is 4.42 Å². The Kier molecular flexibility index (Phi) is 5.40. The Morgan fingerprint density at radius 2 is 2.12 bits per heavy atom. The van der Waals surface area contributed by atoms with Gasteiger partial charge < -0.3 is 25.1 Å². The van der Waals surface area contributed by atoms with Crippen molar-refractivity contribution in [1.82, 2.24) is 15.6 Å². The van der Waals surface area contributed by atoms with E-state index in [1.807, 2.05) is 31.3 Å². The summed E-state index contributed by atoms with van der Waals surface area (Å²) in [5.41, 5.74) is 2.28. The second-order valence-corrected chi connectivity index (χ2v) is 6.18. The lowest BCUT2D eigenvalue weighted by Crippen LogP contribution is -2.42. The summed E-state index contributed by atoms with van der Waals surface area (Å²) in [7, 11) is 0. The number of aliphatic hydroxyl groups excluding tert-OH is 1. The summed E-state index contributed by atoms with van der Waals surface area (Å²) in [5, 5.41) is 16.9. The average Bonchev–Trinajstić information content (AvgIpc) is 3.24. The summed E-state index contributed by atoms with van der Waals surface area (Å²) in [6, 6.07) is 11.1. The van der Waals surface area contributed by atoms with Gasteiger partial charge in [0.05, 0.1) is 6.26 Å². The number of carbonyl (C=O) groups is 1. The first kappa shape index (κ1) is 17.1. The van der Waals surface area contributed by atoms with E-state index in [-0.39, 0.29) is 12.1 Å². The molecule has 0 aliphatic carbocycles. The van der Waals surface area contributed by atoms with Crippen molar-refractivity contribution in [2.75, 3.05) is 6.54 Å². The van der Waals surface area contributed by atoms with Gasteiger partial charge in [-0.2, -0.15) is 0 Å². The van der Waals surface area contributed by atoms with Crippen LogP contribution in [-0.2, 0) is 6.42 Å². The van der Waals surface area contributed by atoms with Crippen molar-refractivity contribution < 1.29 is 14.3 Å². The molecule has 2 heterocycles. The summed E-state index contributed by atoms with van der Waals surface area (Å²) in [5.74, 6) is 0.508. The second kappa shape index (κ2) is 7.90. The van der Waals surface area contributed by atoms with Gasteiger partial charge in [0, 0.05) is 36.1 Å². The van der Waals surface area contributed by atoms with Crippen LogP contribution in [0.25, 0.3) is 10.9 Å². The molecule has 0 radical (unpaired) electrons. The number of aliphatic hydroxyl groups is 1. The number of aromatic amines is 1. The van der Waals surface area contributed by atoms with E-state index < -0.39 is 6.10 Å². The smallest absolute Gasteiger partial charge is 0.315 e. The Balaban J connectivity index is 1.42. The van der Waals surface area contributed by atoms with E-state index in [1.165, 1.54) is 17.2 Å². The van der Waals surface area contributed by atoms with Gasteiger partial charge in [-0.3, -0.25) is 0 Å². The van der Waals surface area contributed by atoms with Crippen molar-refractivity contribution in [3.63, 3.8) is 0 Å². The van der Waals surface area contributed by atoms with E-state index in [0.717, 1.165) is 11.9 Å². The van der Waals surface area contributed by atoms with Crippen molar-refractivity contribution in [2.45, 2.75) is 31.9 Å². The molecule has 6 nitrogen and oxygen atoms in total. The van der Waals surface area contributed by atoms with Crippen molar-refractivity contribution >= 4 is 16.9 Å². The first-order valence-corrected chi connectivity index (χ1v) is 8.44. The lowest BCUT2D eigenvalue weighted by molar-refractivity contribution is 0.129. The van der Waals surface area contributed by atoms with E-state index in [2.05, 4.69) is 21.7 Å². The Morgan fingerprint density at radius 3 is 2.92 bits per heavy atom. The fraction of sp³-hybridized carbons (Fsp3) is 0.316. The summed E-state index contributed by atoms with van der Waals surface area (Å²) < 4.78 is 5.16. The standard InChI is InChI=1S/C19H23N3O3/c1-13(11-17(23)18-7-4-10-25-18)22-19(24)20-9-8-14-12-21-16-6-3-2-5-15(14)16/h2-7,10,12-13,17,21,23H,8-9,11H2,1H3,(H2,20,22,24). The summed E-state index contributed by atoms with van der Waals surface area (Å²) in [4.78, 5) is 15.2. The van der Waals surface area contributed by atoms with Gasteiger partial charge in [0.25, 0.3) is 0 Å². The number of carbonyl (C=O) groups excluding carboxylic acids is 1. The number of fused-ring (bicyclic) bond motifs is 1. The molecule has 2 unspecified atom stereocenters. The summed E-state index contributed by atoms with van der Waals surface area (Å²) >= 11 is 0.